The molecular formula is C32H36P2S2. The molecule has 0 aromatic heterocycles. The molecule has 0 aliphatic rings. The van der Waals surface area contributed by atoms with Crippen molar-refractivity contribution in [1.29, 1.82) is 0 Å². The van der Waals surface area contributed by atoms with Crippen LogP contribution in [-0.4, -0.2) is 11.8 Å². The monoisotopic (exact) mass is 546 g/mol. The van der Waals surface area contributed by atoms with Gasteiger partial charge in [-0.3, -0.25) is 0 Å². The molecule has 0 saturated carbocycles. The predicted octanol–water partition coefficient (Wildman–Crippen LogP) is 7.59. The Hall–Kier alpha value is -1.82. The van der Waals surface area contributed by atoms with Crippen LogP contribution in [0.5, 0.6) is 0 Å². The fraction of sp³-hybridized carbons (Fsp3) is 0.250. The van der Waals surface area contributed by atoms with Gasteiger partial charge in [-0.25, -0.2) is 0 Å². The van der Waals surface area contributed by atoms with Crippen LogP contribution in [0.2, 0.25) is 0 Å². The van der Waals surface area contributed by atoms with Crippen molar-refractivity contribution in [3.8, 4) is 0 Å². The van der Waals surface area contributed by atoms with Crippen molar-refractivity contribution in [3.05, 3.63) is 121 Å². The Balaban J connectivity index is 1.77. The third-order valence-corrected chi connectivity index (χ3v) is 17.9. The van der Waals surface area contributed by atoms with E-state index in [1.165, 1.54) is 40.5 Å². The third kappa shape index (κ3) is 6.17. The van der Waals surface area contributed by atoms with E-state index in [1.807, 2.05) is 0 Å². The second kappa shape index (κ2) is 13.1. The first-order valence-electron chi connectivity index (χ1n) is 13.0. The molecule has 0 spiro atoms. The van der Waals surface area contributed by atoms with E-state index >= 15 is 0 Å². The van der Waals surface area contributed by atoms with E-state index < -0.39 is 12.1 Å². The summed E-state index contributed by atoms with van der Waals surface area (Å²) >= 11 is 13.5. The first-order chi connectivity index (χ1) is 17.6. The Kier molecular flexibility index (Phi) is 9.92. The van der Waals surface area contributed by atoms with E-state index in [-0.39, 0.29) is 0 Å². The number of hydrogen-bond acceptors (Lipinski definition) is 2. The number of hydrogen-bond donors (Lipinski definition) is 0. The average molecular weight is 547 g/mol. The van der Waals surface area contributed by atoms with E-state index in [0.29, 0.717) is 5.66 Å². The topological polar surface area (TPSA) is 0 Å². The van der Waals surface area contributed by atoms with Gasteiger partial charge in [-0.05, 0) is 45.9 Å². The van der Waals surface area contributed by atoms with Crippen molar-refractivity contribution in [2.75, 3.05) is 6.16 Å². The second-order valence-corrected chi connectivity index (χ2v) is 19.0. The fourth-order valence-electron chi connectivity index (χ4n) is 5.08. The minimum atomic E-state index is -2.04. The maximum absolute atomic E-state index is 6.82. The maximum atomic E-state index is 6.82. The molecule has 0 N–H and O–H groups in total. The number of rotatable bonds is 12. The van der Waals surface area contributed by atoms with Crippen LogP contribution in [0.3, 0.4) is 0 Å². The van der Waals surface area contributed by atoms with Crippen molar-refractivity contribution >= 4 is 56.9 Å². The van der Waals surface area contributed by atoms with Gasteiger partial charge >= 0.3 is 0 Å². The van der Waals surface area contributed by atoms with Crippen LogP contribution in [-0.2, 0) is 23.6 Å². The largest absolute Gasteiger partial charge is 0.0876 e. The standard InChI is InChI=1S/C32H36P2S2/c1-2-3-8-21-32(34(36,30-22-13-6-14-23-30)31-24-15-7-16-25-31)26-27-33(35,28-17-9-4-10-18-28)29-19-11-5-12-20-29/h4-7,9-20,22-25,32H,2-3,8,21,26-27H2,1H3. The van der Waals surface area contributed by atoms with Gasteiger partial charge in [0.05, 0.1) is 0 Å². The molecule has 0 saturated heterocycles. The van der Waals surface area contributed by atoms with Crippen molar-refractivity contribution in [2.24, 2.45) is 0 Å². The molecule has 0 heterocycles. The van der Waals surface area contributed by atoms with Crippen molar-refractivity contribution in [1.82, 2.24) is 0 Å². The molecule has 0 nitrogen and oxygen atoms in total. The molecule has 0 fully saturated rings. The molecule has 0 amide bonds. The molecule has 186 valence electrons. The van der Waals surface area contributed by atoms with E-state index in [0.717, 1.165) is 19.0 Å². The van der Waals surface area contributed by atoms with Gasteiger partial charge in [0.25, 0.3) is 0 Å². The summed E-state index contributed by atoms with van der Waals surface area (Å²) in [4.78, 5) is 0. The van der Waals surface area contributed by atoms with Gasteiger partial charge in [-0.2, -0.15) is 0 Å². The Morgan fingerprint density at radius 2 is 0.917 bits per heavy atom. The summed E-state index contributed by atoms with van der Waals surface area (Å²) in [6, 6.07) is 39.6. The molecule has 0 radical (unpaired) electrons. The van der Waals surface area contributed by atoms with Crippen LogP contribution in [0.1, 0.15) is 39.0 Å². The Morgan fingerprint density at radius 1 is 0.528 bits per heavy atom. The SMILES string of the molecule is CCCCCC(CCP(=S)(c1ccccc1)c1ccccc1)P(=S)(c1ccccc1)c1ccccc1. The Labute approximate surface area is 228 Å². The Morgan fingerprint density at radius 3 is 1.31 bits per heavy atom. The van der Waals surface area contributed by atoms with Gasteiger partial charge in [0.1, 0.15) is 0 Å². The molecule has 1 unspecified atom stereocenters. The molecular weight excluding hydrogens is 510 g/mol. The van der Waals surface area contributed by atoms with Crippen LogP contribution < -0.4 is 21.2 Å². The van der Waals surface area contributed by atoms with Gasteiger partial charge in [0.2, 0.25) is 0 Å². The van der Waals surface area contributed by atoms with Gasteiger partial charge < -0.3 is 0 Å². The Bertz CT molecular complexity index is 1200. The molecule has 36 heavy (non-hydrogen) atoms. The molecule has 0 bridgehead atoms. The lowest BCUT2D eigenvalue weighted by molar-refractivity contribution is 0.634. The average Bonchev–Trinajstić information content (AvgIpc) is 2.96. The summed E-state index contributed by atoms with van der Waals surface area (Å²) in [6.07, 6.45) is 6.92. The molecule has 1 atom stereocenters. The van der Waals surface area contributed by atoms with Crippen LogP contribution in [0, 0.1) is 0 Å². The molecule has 0 aliphatic heterocycles. The van der Waals surface area contributed by atoms with Crippen LogP contribution in [0.25, 0.3) is 0 Å². The van der Waals surface area contributed by atoms with Crippen LogP contribution in [0.4, 0.5) is 0 Å². The molecule has 4 heteroatoms. The van der Waals surface area contributed by atoms with Gasteiger partial charge in [-0.1, -0.05) is 171 Å². The molecule has 0 aliphatic carbocycles. The summed E-state index contributed by atoms with van der Waals surface area (Å²) in [5.41, 5.74) is 0.429. The van der Waals surface area contributed by atoms with Crippen molar-refractivity contribution < 1.29 is 0 Å². The van der Waals surface area contributed by atoms with Crippen LogP contribution in [0.15, 0.2) is 121 Å². The minimum Gasteiger partial charge on any atom is -0.0876 e. The van der Waals surface area contributed by atoms with E-state index in [4.69, 9.17) is 23.6 Å². The van der Waals surface area contributed by atoms with Crippen molar-refractivity contribution in [2.45, 2.75) is 44.7 Å². The zero-order chi connectivity index (χ0) is 25.3. The highest BCUT2D eigenvalue weighted by atomic mass is 32.4. The minimum absolute atomic E-state index is 0.429. The lowest BCUT2D eigenvalue weighted by Crippen LogP contribution is -2.28. The summed E-state index contributed by atoms with van der Waals surface area (Å²) in [7, 11) is 0. The molecule has 4 rings (SSSR count). The quantitative estimate of drug-likeness (QED) is 0.133. The summed E-state index contributed by atoms with van der Waals surface area (Å²) in [6.45, 7) is 2.28. The first kappa shape index (κ1) is 27.2. The predicted molar refractivity (Wildman–Crippen MR) is 170 cm³/mol. The zero-order valence-electron chi connectivity index (χ0n) is 21.1. The summed E-state index contributed by atoms with van der Waals surface area (Å²) < 4.78 is 0. The molecule has 4 aromatic rings. The van der Waals surface area contributed by atoms with Crippen molar-refractivity contribution in [3.63, 3.8) is 0 Å². The molecule has 4 aromatic carbocycles. The highest BCUT2D eigenvalue weighted by Gasteiger charge is 2.33. The second-order valence-electron chi connectivity index (χ2n) is 9.40. The summed E-state index contributed by atoms with van der Waals surface area (Å²) in [5, 5.41) is 5.29. The highest BCUT2D eigenvalue weighted by molar-refractivity contribution is 8.22. The van der Waals surface area contributed by atoms with E-state index in [1.54, 1.807) is 0 Å². The first-order valence-corrected chi connectivity index (χ1v) is 18.9. The van der Waals surface area contributed by atoms with Gasteiger partial charge in [0, 0.05) is 12.1 Å². The fourth-order valence-corrected chi connectivity index (χ4v) is 13.9. The third-order valence-electron chi connectivity index (χ3n) is 7.06. The van der Waals surface area contributed by atoms with E-state index in [9.17, 15) is 0 Å². The van der Waals surface area contributed by atoms with Crippen LogP contribution >= 0.6 is 12.1 Å². The smallest absolute Gasteiger partial charge is 0.0135 e. The normalized spacial score (nSPS) is 12.8. The lowest BCUT2D eigenvalue weighted by Gasteiger charge is -2.34. The number of unbranched alkanes of at least 4 members (excludes halogenated alkanes) is 2. The lowest BCUT2D eigenvalue weighted by atomic mass is 10.1. The zero-order valence-corrected chi connectivity index (χ0v) is 24.5. The maximum Gasteiger partial charge on any atom is 0.0135 e. The van der Waals surface area contributed by atoms with E-state index in [2.05, 4.69) is 128 Å². The highest BCUT2D eigenvalue weighted by Crippen LogP contribution is 2.55. The summed E-state index contributed by atoms with van der Waals surface area (Å²) in [5.74, 6) is 0. The van der Waals surface area contributed by atoms with Gasteiger partial charge in [-0.15, -0.1) is 0 Å². The number of benzene rings is 4. The van der Waals surface area contributed by atoms with Gasteiger partial charge in [0.15, 0.2) is 0 Å².